The highest BCUT2D eigenvalue weighted by atomic mass is 32.1. The van der Waals surface area contributed by atoms with Crippen LogP contribution < -0.4 is 15.3 Å². The van der Waals surface area contributed by atoms with Gasteiger partial charge in [-0.05, 0) is 52.9 Å². The molecule has 2 aliphatic heterocycles. The zero-order valence-electron chi connectivity index (χ0n) is 18.8. The number of anilines is 3. The van der Waals surface area contributed by atoms with Crippen molar-refractivity contribution < 1.29 is 9.59 Å². The summed E-state index contributed by atoms with van der Waals surface area (Å²) in [7, 11) is 1.35. The third kappa shape index (κ3) is 3.28. The fraction of sp³-hybridized carbons (Fsp3) is 0.160. The summed E-state index contributed by atoms with van der Waals surface area (Å²) in [4.78, 5) is 31.3. The Kier molecular flexibility index (Phi) is 5.11. The Bertz CT molecular complexity index is 1290. The number of hydrogen-bond donors (Lipinski definition) is 0. The molecule has 0 radical (unpaired) electrons. The van der Waals surface area contributed by atoms with E-state index in [1.54, 1.807) is 31.5 Å². The Morgan fingerprint density at radius 3 is 1.88 bits per heavy atom. The van der Waals surface area contributed by atoms with Crippen molar-refractivity contribution >= 4 is 81.4 Å². The first-order chi connectivity index (χ1) is 15.7. The molecule has 1 saturated heterocycles. The van der Waals surface area contributed by atoms with Crippen molar-refractivity contribution in [2.75, 3.05) is 19.0 Å². The normalized spacial score (nSPS) is 17.3. The molecule has 2 aromatic carbocycles. The summed E-state index contributed by atoms with van der Waals surface area (Å²) in [5.41, 5.74) is 2.52. The maximum atomic E-state index is 12.7. The van der Waals surface area contributed by atoms with E-state index in [2.05, 4.69) is 72.6 Å². The van der Waals surface area contributed by atoms with Crippen LogP contribution in [0.3, 0.4) is 0 Å². The summed E-state index contributed by atoms with van der Waals surface area (Å²) in [6.07, 6.45) is 1.67. The second-order valence-corrected chi connectivity index (χ2v) is 14.5. The molecule has 3 aromatic rings. The number of carbonyl (C=O) groups is 2. The third-order valence-corrected chi connectivity index (χ3v) is 11.5. The van der Waals surface area contributed by atoms with Gasteiger partial charge in [0.2, 0.25) is 0 Å². The molecule has 3 heterocycles. The number of benzene rings is 2. The van der Waals surface area contributed by atoms with E-state index < -0.39 is 8.07 Å². The van der Waals surface area contributed by atoms with Crippen molar-refractivity contribution in [3.05, 3.63) is 71.1 Å². The van der Waals surface area contributed by atoms with E-state index in [4.69, 9.17) is 12.2 Å². The molecule has 5 rings (SSSR count). The number of para-hydroxylation sites is 2. The highest BCUT2D eigenvalue weighted by Gasteiger charge is 2.39. The summed E-state index contributed by atoms with van der Waals surface area (Å²) in [6.45, 7) is 4.79. The largest absolute Gasteiger partial charge is 0.302 e. The monoisotopic (exact) mass is 489 g/mol. The van der Waals surface area contributed by atoms with Crippen LogP contribution in [0, 0.1) is 0 Å². The summed E-state index contributed by atoms with van der Waals surface area (Å²) >= 11 is 6.75. The zero-order valence-corrected chi connectivity index (χ0v) is 21.5. The second kappa shape index (κ2) is 7.76. The average molecular weight is 490 g/mol. The van der Waals surface area contributed by atoms with E-state index >= 15 is 0 Å². The van der Waals surface area contributed by atoms with Crippen LogP contribution >= 0.6 is 23.6 Å². The molecular weight excluding hydrogens is 467 g/mol. The lowest BCUT2D eigenvalue weighted by molar-refractivity contribution is -0.132. The lowest BCUT2D eigenvalue weighted by atomic mass is 10.1. The maximum absolute atomic E-state index is 12.7. The second-order valence-electron chi connectivity index (χ2n) is 8.74. The van der Waals surface area contributed by atoms with Crippen molar-refractivity contribution in [3.8, 4) is 0 Å². The van der Waals surface area contributed by atoms with Gasteiger partial charge >= 0.3 is 0 Å². The fourth-order valence-corrected chi connectivity index (χ4v) is 8.70. The standard InChI is InChI=1S/C25H23N3O2S2Si/c1-26-23(29)17(24(30)27(2)25(26)31)15-16-13-14-22(32-16)28-18-9-5-7-11-20(18)33(3,4)21-12-8-6-10-19(21)28/h5-15H,1-4H3. The Morgan fingerprint density at radius 1 is 0.818 bits per heavy atom. The first kappa shape index (κ1) is 21.8. The SMILES string of the molecule is CN1C(=O)C(=Cc2ccc(N3c4ccccc4[Si](C)(C)c4ccccc43)s2)C(=O)N(C)C1=S. The first-order valence-electron chi connectivity index (χ1n) is 10.6. The van der Waals surface area contributed by atoms with Gasteiger partial charge in [-0.15, -0.1) is 11.3 Å². The summed E-state index contributed by atoms with van der Waals surface area (Å²) in [5, 5.41) is 4.04. The van der Waals surface area contributed by atoms with Crippen molar-refractivity contribution in [3.63, 3.8) is 0 Å². The molecule has 0 unspecified atom stereocenters. The molecule has 2 amide bonds. The number of fused-ring (bicyclic) bond motifs is 2. The van der Waals surface area contributed by atoms with Crippen LogP contribution in [0.1, 0.15) is 4.88 Å². The van der Waals surface area contributed by atoms with Gasteiger partial charge in [0.05, 0.1) is 0 Å². The number of carbonyl (C=O) groups excluding carboxylic acids is 2. The zero-order chi connectivity index (χ0) is 23.5. The molecular formula is C25H23N3O2S2Si. The minimum absolute atomic E-state index is 0.120. The Hall–Kier alpha value is -3.07. The quantitative estimate of drug-likeness (QED) is 0.237. The smallest absolute Gasteiger partial charge is 0.265 e. The fourth-order valence-electron chi connectivity index (χ4n) is 4.56. The van der Waals surface area contributed by atoms with Crippen LogP contribution in [0.25, 0.3) is 6.08 Å². The molecule has 1 aromatic heterocycles. The lowest BCUT2D eigenvalue weighted by Gasteiger charge is -2.40. The molecule has 5 nitrogen and oxygen atoms in total. The van der Waals surface area contributed by atoms with E-state index in [0.29, 0.717) is 0 Å². The number of rotatable bonds is 2. The van der Waals surface area contributed by atoms with Gasteiger partial charge < -0.3 is 4.90 Å². The van der Waals surface area contributed by atoms with Crippen LogP contribution in [-0.4, -0.2) is 48.9 Å². The van der Waals surface area contributed by atoms with Crippen molar-refractivity contribution in [2.45, 2.75) is 13.1 Å². The molecule has 166 valence electrons. The van der Waals surface area contributed by atoms with Crippen LogP contribution in [-0.2, 0) is 9.59 Å². The average Bonchev–Trinajstić information content (AvgIpc) is 3.28. The molecule has 33 heavy (non-hydrogen) atoms. The summed E-state index contributed by atoms with van der Waals surface area (Å²) in [5.74, 6) is -0.751. The van der Waals surface area contributed by atoms with Gasteiger partial charge in [-0.2, -0.15) is 0 Å². The minimum Gasteiger partial charge on any atom is -0.302 e. The Morgan fingerprint density at radius 2 is 1.33 bits per heavy atom. The van der Waals surface area contributed by atoms with Crippen molar-refractivity contribution in [2.24, 2.45) is 0 Å². The van der Waals surface area contributed by atoms with Gasteiger partial charge in [0, 0.05) is 30.3 Å². The number of thiocarbonyl (C=S) groups is 1. The highest BCUT2D eigenvalue weighted by molar-refractivity contribution is 7.80. The van der Waals surface area contributed by atoms with E-state index in [9.17, 15) is 9.59 Å². The molecule has 0 spiro atoms. The Labute approximate surface area is 203 Å². The van der Waals surface area contributed by atoms with E-state index in [-0.39, 0.29) is 22.5 Å². The number of hydrogen-bond acceptors (Lipinski definition) is 5. The predicted molar refractivity (Wildman–Crippen MR) is 142 cm³/mol. The van der Waals surface area contributed by atoms with Crippen LogP contribution in [0.2, 0.25) is 13.1 Å². The lowest BCUT2D eigenvalue weighted by Crippen LogP contribution is -2.58. The van der Waals surface area contributed by atoms with E-state index in [1.807, 2.05) is 6.07 Å². The van der Waals surface area contributed by atoms with Gasteiger partial charge in [-0.3, -0.25) is 19.4 Å². The van der Waals surface area contributed by atoms with Gasteiger partial charge in [-0.25, -0.2) is 0 Å². The molecule has 0 atom stereocenters. The van der Waals surface area contributed by atoms with E-state index in [0.717, 1.165) is 9.88 Å². The molecule has 2 aliphatic rings. The molecule has 0 N–H and O–H groups in total. The van der Waals surface area contributed by atoms with E-state index in [1.165, 1.54) is 31.5 Å². The van der Waals surface area contributed by atoms with Crippen molar-refractivity contribution in [1.82, 2.24) is 9.80 Å². The van der Waals surface area contributed by atoms with Gasteiger partial charge in [0.25, 0.3) is 11.8 Å². The molecule has 8 heteroatoms. The van der Waals surface area contributed by atoms with Gasteiger partial charge in [0.15, 0.2) is 5.11 Å². The maximum Gasteiger partial charge on any atom is 0.265 e. The number of thiophene rings is 1. The number of likely N-dealkylation sites (N-methyl/N-ethyl adjacent to an activating group) is 2. The van der Waals surface area contributed by atoms with Crippen LogP contribution in [0.15, 0.2) is 66.2 Å². The third-order valence-electron chi connectivity index (χ3n) is 6.40. The number of nitrogens with zero attached hydrogens (tertiary/aromatic N) is 3. The number of amides is 2. The topological polar surface area (TPSA) is 43.9 Å². The minimum atomic E-state index is -1.84. The van der Waals surface area contributed by atoms with Crippen LogP contribution in [0.5, 0.6) is 0 Å². The molecule has 0 bridgehead atoms. The summed E-state index contributed by atoms with van der Waals surface area (Å²) in [6, 6.07) is 21.2. The predicted octanol–water partition coefficient (Wildman–Crippen LogP) is 3.95. The van der Waals surface area contributed by atoms with Crippen LogP contribution in [0.4, 0.5) is 16.4 Å². The van der Waals surface area contributed by atoms with Gasteiger partial charge in [0.1, 0.15) is 18.6 Å². The summed E-state index contributed by atoms with van der Waals surface area (Å²) < 4.78 is 0. The molecule has 0 aliphatic carbocycles. The molecule has 0 saturated carbocycles. The molecule has 1 fully saturated rings. The van der Waals surface area contributed by atoms with Crippen molar-refractivity contribution in [1.29, 1.82) is 0 Å². The first-order valence-corrected chi connectivity index (χ1v) is 14.8. The van der Waals surface area contributed by atoms with Gasteiger partial charge in [-0.1, -0.05) is 49.5 Å². The highest BCUT2D eigenvalue weighted by Crippen LogP contribution is 2.41. The Balaban J connectivity index is 1.61.